The van der Waals surface area contributed by atoms with E-state index < -0.39 is 23.5 Å². The standard InChI is InChI=1S/C21H20F3N5/c22-14-8-16(24)15(23)7-13(14)12-5-6-29(9-17(12)25)19-4-3-18-21(28-19)20(11-1-2-11)27-10-26-18/h3-4,7-8,10-12,17H,1-2,5-6,9,25H2/t12-,17+/m1/s1. The maximum Gasteiger partial charge on any atom is 0.161 e. The number of fused-ring (bicyclic) bond motifs is 1. The normalized spacial score (nSPS) is 22.3. The van der Waals surface area contributed by atoms with Crippen LogP contribution in [0.5, 0.6) is 0 Å². The predicted molar refractivity (Wildman–Crippen MR) is 103 cm³/mol. The molecule has 29 heavy (non-hydrogen) atoms. The van der Waals surface area contributed by atoms with Crippen molar-refractivity contribution < 1.29 is 13.2 Å². The first-order valence-corrected chi connectivity index (χ1v) is 9.78. The first-order chi connectivity index (χ1) is 14.0. The van der Waals surface area contributed by atoms with Gasteiger partial charge in [-0.1, -0.05) is 0 Å². The van der Waals surface area contributed by atoms with Gasteiger partial charge in [0.25, 0.3) is 0 Å². The van der Waals surface area contributed by atoms with Gasteiger partial charge < -0.3 is 10.6 Å². The fourth-order valence-electron chi connectivity index (χ4n) is 4.18. The fraction of sp³-hybridized carbons (Fsp3) is 0.381. The van der Waals surface area contributed by atoms with Gasteiger partial charge in [-0.25, -0.2) is 28.1 Å². The Morgan fingerprint density at radius 3 is 2.52 bits per heavy atom. The molecule has 3 heterocycles. The third-order valence-electron chi connectivity index (χ3n) is 5.88. The zero-order valence-corrected chi connectivity index (χ0v) is 15.7. The largest absolute Gasteiger partial charge is 0.355 e. The number of benzene rings is 1. The second-order valence-electron chi connectivity index (χ2n) is 7.86. The second kappa shape index (κ2) is 6.95. The molecule has 1 aromatic carbocycles. The van der Waals surface area contributed by atoms with Crippen molar-refractivity contribution in [2.45, 2.75) is 37.1 Å². The lowest BCUT2D eigenvalue weighted by atomic mass is 9.85. The van der Waals surface area contributed by atoms with Gasteiger partial charge in [0.2, 0.25) is 0 Å². The van der Waals surface area contributed by atoms with Crippen LogP contribution in [0, 0.1) is 17.5 Å². The van der Waals surface area contributed by atoms with Crippen molar-refractivity contribution in [2.24, 2.45) is 5.73 Å². The van der Waals surface area contributed by atoms with Crippen LogP contribution >= 0.6 is 0 Å². The Bertz CT molecular complexity index is 1090. The third kappa shape index (κ3) is 3.31. The molecule has 0 bridgehead atoms. The third-order valence-corrected chi connectivity index (χ3v) is 5.88. The highest BCUT2D eigenvalue weighted by atomic mass is 19.2. The van der Waals surface area contributed by atoms with E-state index in [4.69, 9.17) is 10.7 Å². The van der Waals surface area contributed by atoms with Crippen molar-refractivity contribution in [3.8, 4) is 0 Å². The summed E-state index contributed by atoms with van der Waals surface area (Å²) in [5.41, 5.74) is 9.07. The highest BCUT2D eigenvalue weighted by Gasteiger charge is 2.32. The van der Waals surface area contributed by atoms with Crippen molar-refractivity contribution >= 4 is 16.9 Å². The number of piperidine rings is 1. The molecule has 0 spiro atoms. The maximum atomic E-state index is 14.2. The van der Waals surface area contributed by atoms with E-state index in [9.17, 15) is 13.2 Å². The second-order valence-corrected chi connectivity index (χ2v) is 7.86. The molecule has 2 atom stereocenters. The van der Waals surface area contributed by atoms with Gasteiger partial charge in [-0.3, -0.25) is 0 Å². The van der Waals surface area contributed by atoms with Crippen LogP contribution in [-0.2, 0) is 0 Å². The molecule has 2 aliphatic rings. The van der Waals surface area contributed by atoms with Crippen molar-refractivity contribution in [3.63, 3.8) is 0 Å². The van der Waals surface area contributed by atoms with E-state index >= 15 is 0 Å². The van der Waals surface area contributed by atoms with Gasteiger partial charge in [-0.05, 0) is 43.0 Å². The topological polar surface area (TPSA) is 67.9 Å². The summed E-state index contributed by atoms with van der Waals surface area (Å²) in [5, 5.41) is 0. The minimum Gasteiger partial charge on any atom is -0.355 e. The number of nitrogens with zero attached hydrogens (tertiary/aromatic N) is 4. The molecule has 0 radical (unpaired) electrons. The predicted octanol–water partition coefficient (Wildman–Crippen LogP) is 3.64. The van der Waals surface area contributed by atoms with Crippen LogP contribution in [0.25, 0.3) is 11.0 Å². The van der Waals surface area contributed by atoms with Crippen molar-refractivity contribution in [1.82, 2.24) is 15.0 Å². The molecule has 3 aromatic rings. The molecule has 2 fully saturated rings. The molecule has 1 aliphatic carbocycles. The van der Waals surface area contributed by atoms with E-state index in [1.807, 2.05) is 17.0 Å². The number of aromatic nitrogens is 3. The zero-order valence-electron chi connectivity index (χ0n) is 15.7. The van der Waals surface area contributed by atoms with Gasteiger partial charge in [-0.2, -0.15) is 0 Å². The van der Waals surface area contributed by atoms with Gasteiger partial charge in [0, 0.05) is 37.0 Å². The lowest BCUT2D eigenvalue weighted by Gasteiger charge is -2.37. The van der Waals surface area contributed by atoms with Gasteiger partial charge in [0.05, 0.1) is 11.2 Å². The van der Waals surface area contributed by atoms with Crippen molar-refractivity contribution in [1.29, 1.82) is 0 Å². The fourth-order valence-corrected chi connectivity index (χ4v) is 4.18. The van der Waals surface area contributed by atoms with Crippen LogP contribution in [0.4, 0.5) is 19.0 Å². The van der Waals surface area contributed by atoms with E-state index in [1.54, 1.807) is 6.33 Å². The molecule has 5 rings (SSSR count). The molecule has 1 aliphatic heterocycles. The summed E-state index contributed by atoms with van der Waals surface area (Å²) >= 11 is 0. The molecule has 150 valence electrons. The van der Waals surface area contributed by atoms with Gasteiger partial charge in [0.1, 0.15) is 23.5 Å². The van der Waals surface area contributed by atoms with E-state index in [0.29, 0.717) is 31.5 Å². The Labute approximate surface area is 165 Å². The first-order valence-electron chi connectivity index (χ1n) is 9.78. The smallest absolute Gasteiger partial charge is 0.161 e. The van der Waals surface area contributed by atoms with Gasteiger partial charge in [-0.15, -0.1) is 0 Å². The molecule has 8 heteroatoms. The Kier molecular flexibility index (Phi) is 4.38. The molecule has 2 N–H and O–H groups in total. The van der Waals surface area contributed by atoms with Crippen LogP contribution in [0.1, 0.15) is 42.4 Å². The summed E-state index contributed by atoms with van der Waals surface area (Å²) in [4.78, 5) is 15.6. The van der Waals surface area contributed by atoms with Gasteiger partial charge >= 0.3 is 0 Å². The summed E-state index contributed by atoms with van der Waals surface area (Å²) < 4.78 is 41.1. The van der Waals surface area contributed by atoms with Crippen LogP contribution < -0.4 is 10.6 Å². The minimum absolute atomic E-state index is 0.131. The average Bonchev–Trinajstić information content (AvgIpc) is 3.55. The number of pyridine rings is 1. The van der Waals surface area contributed by atoms with E-state index in [0.717, 1.165) is 41.5 Å². The Morgan fingerprint density at radius 1 is 0.966 bits per heavy atom. The molecular weight excluding hydrogens is 379 g/mol. The number of hydrogen-bond donors (Lipinski definition) is 1. The van der Waals surface area contributed by atoms with Crippen LogP contribution in [0.3, 0.4) is 0 Å². The molecule has 0 unspecified atom stereocenters. The molecule has 0 amide bonds. The van der Waals surface area contributed by atoms with Crippen LogP contribution in [0.2, 0.25) is 0 Å². The minimum atomic E-state index is -1.19. The zero-order chi connectivity index (χ0) is 20.1. The highest BCUT2D eigenvalue weighted by molar-refractivity contribution is 5.79. The first kappa shape index (κ1) is 18.3. The molecule has 5 nitrogen and oxygen atoms in total. The van der Waals surface area contributed by atoms with Crippen molar-refractivity contribution in [2.75, 3.05) is 18.0 Å². The number of anilines is 1. The molecule has 1 saturated carbocycles. The quantitative estimate of drug-likeness (QED) is 0.681. The Hall–Kier alpha value is -2.74. The summed E-state index contributed by atoms with van der Waals surface area (Å²) in [5.74, 6) is -2.16. The van der Waals surface area contributed by atoms with E-state index in [2.05, 4.69) is 9.97 Å². The number of hydrogen-bond acceptors (Lipinski definition) is 5. The SMILES string of the molecule is N[C@H]1CN(c2ccc3ncnc(C4CC4)c3n2)CC[C@@H]1c1cc(F)c(F)cc1F. The number of nitrogens with two attached hydrogens (primary N) is 1. The molecule has 1 saturated heterocycles. The number of rotatable bonds is 3. The van der Waals surface area contributed by atoms with E-state index in [-0.39, 0.29) is 11.5 Å². The molecule has 2 aromatic heterocycles. The summed E-state index contributed by atoms with van der Waals surface area (Å²) in [6.45, 7) is 1.02. The lowest BCUT2D eigenvalue weighted by Crippen LogP contribution is -2.48. The highest BCUT2D eigenvalue weighted by Crippen LogP contribution is 2.41. The number of halogens is 3. The monoisotopic (exact) mass is 399 g/mol. The lowest BCUT2D eigenvalue weighted by molar-refractivity contribution is 0.416. The summed E-state index contributed by atoms with van der Waals surface area (Å²) in [6.07, 6.45) is 4.33. The van der Waals surface area contributed by atoms with E-state index in [1.165, 1.54) is 0 Å². The van der Waals surface area contributed by atoms with Crippen LogP contribution in [0.15, 0.2) is 30.6 Å². The summed E-state index contributed by atoms with van der Waals surface area (Å²) in [7, 11) is 0. The Balaban J connectivity index is 1.41. The maximum absolute atomic E-state index is 14.2. The van der Waals surface area contributed by atoms with Crippen LogP contribution in [-0.4, -0.2) is 34.1 Å². The Morgan fingerprint density at radius 2 is 1.76 bits per heavy atom. The average molecular weight is 399 g/mol. The van der Waals surface area contributed by atoms with Crippen molar-refractivity contribution in [3.05, 3.63) is 59.3 Å². The molecular formula is C21H20F3N5. The summed E-state index contributed by atoms with van der Waals surface area (Å²) in [6, 6.07) is 4.91. The van der Waals surface area contributed by atoms with Gasteiger partial charge in [0.15, 0.2) is 11.6 Å².